The number of fused-ring (bicyclic) bond motifs is 1. The van der Waals surface area contributed by atoms with Gasteiger partial charge in [0, 0.05) is 25.8 Å². The van der Waals surface area contributed by atoms with E-state index in [1.165, 1.54) is 30.5 Å². The molecule has 2 N–H and O–H groups in total. The van der Waals surface area contributed by atoms with Crippen LogP contribution >= 0.6 is 11.3 Å². The molecule has 2 fully saturated rings. The van der Waals surface area contributed by atoms with Gasteiger partial charge in [0.1, 0.15) is 18.0 Å². The lowest BCUT2D eigenvalue weighted by Crippen LogP contribution is -2.39. The van der Waals surface area contributed by atoms with E-state index in [1.54, 1.807) is 18.3 Å². The summed E-state index contributed by atoms with van der Waals surface area (Å²) in [5.74, 6) is 0.714. The van der Waals surface area contributed by atoms with Crippen LogP contribution in [-0.2, 0) is 17.9 Å². The van der Waals surface area contributed by atoms with Crippen molar-refractivity contribution in [3.05, 3.63) is 71.0 Å². The Morgan fingerprint density at radius 1 is 1.16 bits per heavy atom. The fourth-order valence-corrected chi connectivity index (χ4v) is 6.62. The zero-order valence-corrected chi connectivity index (χ0v) is 26.7. The number of nitrogens with zero attached hydrogens (tertiary/aromatic N) is 6. The van der Waals surface area contributed by atoms with Gasteiger partial charge in [-0.05, 0) is 79.5 Å². The van der Waals surface area contributed by atoms with Crippen LogP contribution in [0.5, 0.6) is 0 Å². The molecule has 1 aliphatic carbocycles. The van der Waals surface area contributed by atoms with Crippen molar-refractivity contribution in [3.63, 3.8) is 0 Å². The number of hydrogen-bond donors (Lipinski definition) is 2. The summed E-state index contributed by atoms with van der Waals surface area (Å²) in [6.07, 6.45) is 9.15. The molecule has 1 saturated carbocycles. The van der Waals surface area contributed by atoms with Gasteiger partial charge in [0.15, 0.2) is 0 Å². The summed E-state index contributed by atoms with van der Waals surface area (Å²) >= 11 is 1.35. The zero-order valence-electron chi connectivity index (χ0n) is 25.9. The Hall–Kier alpha value is -4.40. The van der Waals surface area contributed by atoms with E-state index in [0.29, 0.717) is 23.9 Å². The number of carbonyl (C=O) groups is 2. The summed E-state index contributed by atoms with van der Waals surface area (Å²) in [5, 5.41) is 16.4. The maximum Gasteiger partial charge on any atom is 0.268 e. The van der Waals surface area contributed by atoms with Gasteiger partial charge in [-0.1, -0.05) is 32.9 Å². The molecular formula is C34H38N8O2S. The number of nitriles is 1. The van der Waals surface area contributed by atoms with Crippen LogP contribution in [0, 0.1) is 22.7 Å². The molecule has 6 rings (SSSR count). The minimum atomic E-state index is -0.297. The quantitative estimate of drug-likeness (QED) is 0.169. The van der Waals surface area contributed by atoms with Crippen LogP contribution in [0.25, 0.3) is 21.6 Å². The lowest BCUT2D eigenvalue weighted by molar-refractivity contribution is -0.127. The van der Waals surface area contributed by atoms with Gasteiger partial charge in [-0.2, -0.15) is 5.26 Å². The van der Waals surface area contributed by atoms with Crippen LogP contribution < -0.4 is 10.6 Å². The van der Waals surface area contributed by atoms with Gasteiger partial charge in [-0.25, -0.2) is 15.0 Å². The first-order chi connectivity index (χ1) is 21.7. The van der Waals surface area contributed by atoms with E-state index in [1.807, 2.05) is 48.4 Å². The van der Waals surface area contributed by atoms with Crippen molar-refractivity contribution in [3.8, 4) is 16.6 Å². The van der Waals surface area contributed by atoms with Crippen LogP contribution in [0.4, 0.5) is 5.95 Å². The number of imidazole rings is 1. The SMILES string of the molecule is CC(C)(C)/C=C(\C#N)C(=O)N1CCC[C@@H]1Cn1c(NC(=O)c2ccc(-c3ccncn3)s2)nc2cc(CNCC3CC3)ccc21. The summed E-state index contributed by atoms with van der Waals surface area (Å²) in [6.45, 7) is 8.73. The third-order valence-electron chi connectivity index (χ3n) is 8.12. The van der Waals surface area contributed by atoms with Gasteiger partial charge in [0.25, 0.3) is 11.8 Å². The van der Waals surface area contributed by atoms with E-state index in [0.717, 1.165) is 59.0 Å². The van der Waals surface area contributed by atoms with Crippen LogP contribution in [0.2, 0.25) is 0 Å². The standard InChI is InChI=1S/C34H38N8O2S/c1-34(2,3)16-24(17-35)32(44)41-14-4-5-25(41)20-42-28-9-8-23(19-37-18-22-6-7-22)15-27(28)39-33(42)40-31(43)30-11-10-29(45-30)26-12-13-36-21-38-26/h8-13,15-16,21-22,25,37H,4-7,14,18-20H2,1-3H3,(H,39,40,43)/b24-16+/t25-/m1/s1. The number of likely N-dealkylation sites (tertiary alicyclic amines) is 1. The first-order valence-corrected chi connectivity index (χ1v) is 16.3. The normalized spacial score (nSPS) is 17.1. The Balaban J connectivity index is 1.28. The molecule has 2 aliphatic rings. The zero-order chi connectivity index (χ0) is 31.6. The molecule has 1 aromatic carbocycles. The van der Waals surface area contributed by atoms with Crippen LogP contribution in [0.1, 0.15) is 61.7 Å². The monoisotopic (exact) mass is 622 g/mol. The number of amides is 2. The Bertz CT molecular complexity index is 1770. The lowest BCUT2D eigenvalue weighted by Gasteiger charge is -2.26. The van der Waals surface area contributed by atoms with Crippen molar-refractivity contribution in [2.24, 2.45) is 11.3 Å². The summed E-state index contributed by atoms with van der Waals surface area (Å²) < 4.78 is 2.00. The third kappa shape index (κ3) is 7.30. The minimum Gasteiger partial charge on any atom is -0.333 e. The smallest absolute Gasteiger partial charge is 0.268 e. The second-order valence-corrected chi connectivity index (χ2v) is 14.1. The highest BCUT2D eigenvalue weighted by atomic mass is 32.1. The number of allylic oxidation sites excluding steroid dienone is 1. The molecule has 232 valence electrons. The van der Waals surface area contributed by atoms with E-state index in [2.05, 4.69) is 38.8 Å². The topological polar surface area (TPSA) is 129 Å². The van der Waals surface area contributed by atoms with E-state index in [9.17, 15) is 14.9 Å². The number of rotatable bonds is 10. The van der Waals surface area contributed by atoms with Crippen molar-refractivity contribution >= 4 is 40.1 Å². The van der Waals surface area contributed by atoms with Crippen molar-refractivity contribution in [2.75, 3.05) is 18.4 Å². The molecule has 0 unspecified atom stereocenters. The average Bonchev–Trinajstić information content (AvgIpc) is 3.38. The van der Waals surface area contributed by atoms with Crippen molar-refractivity contribution in [2.45, 2.75) is 65.6 Å². The average molecular weight is 623 g/mol. The van der Waals surface area contributed by atoms with Gasteiger partial charge < -0.3 is 14.8 Å². The minimum absolute atomic E-state index is 0.145. The number of nitrogens with one attached hydrogen (secondary N) is 2. The van der Waals surface area contributed by atoms with E-state index >= 15 is 0 Å². The molecule has 2 amide bonds. The summed E-state index contributed by atoms with van der Waals surface area (Å²) in [5.41, 5.74) is 3.42. The molecule has 4 aromatic rings. The van der Waals surface area contributed by atoms with Gasteiger partial charge in [-0.3, -0.25) is 14.9 Å². The first-order valence-electron chi connectivity index (χ1n) is 15.5. The fourth-order valence-electron chi connectivity index (χ4n) is 5.74. The van der Waals surface area contributed by atoms with Gasteiger partial charge in [0.2, 0.25) is 5.95 Å². The highest BCUT2D eigenvalue weighted by Gasteiger charge is 2.33. The largest absolute Gasteiger partial charge is 0.333 e. The molecule has 0 bridgehead atoms. The molecule has 1 atom stereocenters. The number of anilines is 1. The third-order valence-corrected chi connectivity index (χ3v) is 9.23. The molecule has 1 saturated heterocycles. The highest BCUT2D eigenvalue weighted by molar-refractivity contribution is 7.17. The maximum absolute atomic E-state index is 13.5. The van der Waals surface area contributed by atoms with Gasteiger partial charge in [0.05, 0.1) is 32.5 Å². The van der Waals surface area contributed by atoms with Crippen molar-refractivity contribution in [1.29, 1.82) is 5.26 Å². The highest BCUT2D eigenvalue weighted by Crippen LogP contribution is 2.31. The van der Waals surface area contributed by atoms with Gasteiger partial charge in [-0.15, -0.1) is 11.3 Å². The van der Waals surface area contributed by atoms with E-state index in [4.69, 9.17) is 4.98 Å². The molecule has 4 heterocycles. The number of benzene rings is 1. The predicted molar refractivity (Wildman–Crippen MR) is 175 cm³/mol. The molecule has 0 spiro atoms. The summed E-state index contributed by atoms with van der Waals surface area (Å²) in [6, 6.07) is 13.7. The molecule has 3 aromatic heterocycles. The van der Waals surface area contributed by atoms with Crippen molar-refractivity contribution in [1.82, 2.24) is 29.7 Å². The van der Waals surface area contributed by atoms with Crippen LogP contribution in [0.3, 0.4) is 0 Å². The second kappa shape index (κ2) is 12.9. The number of hydrogen-bond acceptors (Lipinski definition) is 8. The maximum atomic E-state index is 13.5. The van der Waals surface area contributed by atoms with Crippen molar-refractivity contribution < 1.29 is 9.59 Å². The fraction of sp³-hybridized carbons (Fsp3) is 0.412. The lowest BCUT2D eigenvalue weighted by atomic mass is 9.93. The molecule has 1 aliphatic heterocycles. The predicted octanol–water partition coefficient (Wildman–Crippen LogP) is 5.79. The Morgan fingerprint density at radius 2 is 2.00 bits per heavy atom. The molecule has 11 heteroatoms. The molecule has 45 heavy (non-hydrogen) atoms. The van der Waals surface area contributed by atoms with E-state index < -0.39 is 0 Å². The van der Waals surface area contributed by atoms with E-state index in [-0.39, 0.29) is 28.8 Å². The second-order valence-electron chi connectivity index (χ2n) is 13.0. The molecular weight excluding hydrogens is 584 g/mol. The Labute approximate surface area is 267 Å². The molecule has 0 radical (unpaired) electrons. The summed E-state index contributed by atoms with van der Waals surface area (Å²) in [4.78, 5) is 43.5. The van der Waals surface area contributed by atoms with Gasteiger partial charge >= 0.3 is 0 Å². The number of thiophene rings is 1. The Morgan fingerprint density at radius 3 is 2.73 bits per heavy atom. The number of aromatic nitrogens is 4. The summed E-state index contributed by atoms with van der Waals surface area (Å²) in [7, 11) is 0. The molecule has 10 nitrogen and oxygen atoms in total. The first kappa shape index (κ1) is 30.6. The number of carbonyl (C=O) groups excluding carboxylic acids is 2. The Kier molecular flexibility index (Phi) is 8.79. The van der Waals surface area contributed by atoms with Crippen LogP contribution in [0.15, 0.2) is 60.6 Å². The van der Waals surface area contributed by atoms with Crippen LogP contribution in [-0.4, -0.2) is 55.4 Å².